The van der Waals surface area contributed by atoms with E-state index in [2.05, 4.69) is 71.6 Å². The number of ether oxygens (including phenoxy) is 3. The van der Waals surface area contributed by atoms with Crippen LogP contribution in [-0.4, -0.2) is 73.0 Å². The van der Waals surface area contributed by atoms with Crippen molar-refractivity contribution in [1.29, 1.82) is 0 Å². The molecule has 3 aliphatic heterocycles. The van der Waals surface area contributed by atoms with Crippen molar-refractivity contribution < 1.29 is 23.2 Å². The highest BCUT2D eigenvalue weighted by Crippen LogP contribution is 2.43. The summed E-state index contributed by atoms with van der Waals surface area (Å²) in [7, 11) is -1.46. The first-order valence-electron chi connectivity index (χ1n) is 18.0. The number of carbonyl (C=O) groups excluding carboxylic acids is 1. The molecule has 6 rings (SSSR count). The normalized spacial score (nSPS) is 28.0. The number of aryl methyl sites for hydroxylation is 1. The number of halogens is 1. The largest absolute Gasteiger partial charge is 0.491 e. The molecule has 8 unspecified atom stereocenters. The molecule has 0 radical (unpaired) electrons. The Kier molecular flexibility index (Phi) is 13.6. The summed E-state index contributed by atoms with van der Waals surface area (Å²) in [5.74, 6) is 2.01. The minimum absolute atomic E-state index is 0.114. The lowest BCUT2D eigenvalue weighted by molar-refractivity contribution is -0.0955. The molecule has 3 heterocycles. The maximum atomic E-state index is 13.4. The summed E-state index contributed by atoms with van der Waals surface area (Å²) < 4.78 is 34.9. The number of nitrogens with zero attached hydrogens (tertiary/aromatic N) is 1. The van der Waals surface area contributed by atoms with E-state index in [1.165, 1.54) is 30.4 Å². The van der Waals surface area contributed by atoms with Crippen LogP contribution in [0.5, 0.6) is 5.75 Å². The highest BCUT2D eigenvalue weighted by atomic mass is 35.5. The monoisotopic (exact) mass is 701 g/mol. The zero-order valence-electron chi connectivity index (χ0n) is 29.4. The number of hydrogen-bond donors (Lipinski definition) is 2. The second kappa shape index (κ2) is 17.7. The second-order valence-electron chi connectivity index (χ2n) is 14.0. The zero-order chi connectivity index (χ0) is 34.2. The molecule has 10 heteroatoms. The molecule has 0 aromatic heterocycles. The van der Waals surface area contributed by atoms with Gasteiger partial charge in [-0.3, -0.25) is 9.52 Å². The molecule has 2 aromatic rings. The summed E-state index contributed by atoms with van der Waals surface area (Å²) >= 11 is 4.64. The predicted octanol–water partition coefficient (Wildman–Crippen LogP) is 6.82. The van der Waals surface area contributed by atoms with Gasteiger partial charge in [-0.2, -0.15) is 0 Å². The van der Waals surface area contributed by atoms with Crippen LogP contribution < -0.4 is 19.7 Å². The highest BCUT2D eigenvalue weighted by molar-refractivity contribution is 7.84. The first-order valence-corrected chi connectivity index (χ1v) is 20.0. The van der Waals surface area contributed by atoms with Gasteiger partial charge in [-0.25, -0.2) is 4.21 Å². The highest BCUT2D eigenvalue weighted by Gasteiger charge is 2.43. The topological polar surface area (TPSA) is 89.1 Å². The predicted molar refractivity (Wildman–Crippen MR) is 195 cm³/mol. The Morgan fingerprint density at radius 3 is 2.46 bits per heavy atom. The second-order valence-corrected chi connectivity index (χ2v) is 15.6. The van der Waals surface area contributed by atoms with Gasteiger partial charge in [-0.05, 0) is 79.7 Å². The number of hydrogen-bond acceptors (Lipinski definition) is 7. The maximum Gasteiger partial charge on any atom is 0.263 e. The molecular weight excluding hydrogens is 646 g/mol. The van der Waals surface area contributed by atoms with Gasteiger partial charge < -0.3 is 24.4 Å². The lowest BCUT2D eigenvalue weighted by Gasteiger charge is -2.42. The summed E-state index contributed by atoms with van der Waals surface area (Å²) in [6, 6.07) is 14.5. The molecule has 2 saturated heterocycles. The average molecular weight is 702 g/mol. The molecule has 1 amide bonds. The Balaban J connectivity index is 0.00000221. The molecule has 0 bridgehead atoms. The van der Waals surface area contributed by atoms with Crippen molar-refractivity contribution in [2.24, 2.45) is 17.8 Å². The molecule has 4 aliphatic rings. The smallest absolute Gasteiger partial charge is 0.263 e. The molecule has 266 valence electrons. The van der Waals surface area contributed by atoms with E-state index in [0.717, 1.165) is 69.7 Å². The molecular formula is C38H56ClN3O5S. The van der Waals surface area contributed by atoms with E-state index in [1.54, 1.807) is 0 Å². The number of benzene rings is 2. The summed E-state index contributed by atoms with van der Waals surface area (Å²) in [6.07, 6.45) is 9.15. The first kappa shape index (κ1) is 37.1. The van der Waals surface area contributed by atoms with Gasteiger partial charge in [0, 0.05) is 50.5 Å². The number of fused-ring (bicyclic) bond motifs is 2. The molecule has 48 heavy (non-hydrogen) atoms. The van der Waals surface area contributed by atoms with Crippen molar-refractivity contribution in [2.75, 3.05) is 44.1 Å². The van der Waals surface area contributed by atoms with Crippen LogP contribution in [-0.2, 0) is 26.9 Å². The molecule has 1 saturated carbocycles. The number of carbonyl (C=O) groups is 1. The standard InChI is InChI=1S/C37H53N3O5S.CH3Cl/c1-5-9-24(3)25(4)46(42)39-37(41)28-15-16-33-32(17-28)40(22-30(23-43-33)31-12-8-7-11-26(31)10-6-2)21-29-14-13-27(29)18-36-44-34-19-38-20-35(34)45-36;1-2/h7-8,11-12,15-17,24-25,27,29-30,34-36,38H,5-6,9-10,13-14,18-23H2,1-4H3,(H,39,41);1H3. The third-order valence-corrected chi connectivity index (χ3v) is 12.3. The Hall–Kier alpha value is -2.17. The van der Waals surface area contributed by atoms with E-state index in [1.807, 2.05) is 25.1 Å². The van der Waals surface area contributed by atoms with Crippen LogP contribution in [0.2, 0.25) is 0 Å². The van der Waals surface area contributed by atoms with E-state index < -0.39 is 11.0 Å². The van der Waals surface area contributed by atoms with Gasteiger partial charge in [-0.1, -0.05) is 57.9 Å². The molecule has 0 spiro atoms. The lowest BCUT2D eigenvalue weighted by atomic mass is 9.71. The van der Waals surface area contributed by atoms with Crippen LogP contribution in [0.3, 0.4) is 0 Å². The van der Waals surface area contributed by atoms with Crippen molar-refractivity contribution in [3.63, 3.8) is 0 Å². The van der Waals surface area contributed by atoms with Gasteiger partial charge in [-0.15, -0.1) is 11.6 Å². The van der Waals surface area contributed by atoms with Crippen molar-refractivity contribution in [1.82, 2.24) is 10.0 Å². The Labute approximate surface area is 295 Å². The summed E-state index contributed by atoms with van der Waals surface area (Å²) in [5.41, 5.74) is 4.19. The summed E-state index contributed by atoms with van der Waals surface area (Å²) in [5, 5.41) is 3.24. The van der Waals surface area contributed by atoms with Gasteiger partial charge in [0.15, 0.2) is 6.29 Å². The van der Waals surface area contributed by atoms with Gasteiger partial charge in [0.25, 0.3) is 5.91 Å². The Bertz CT molecular complexity index is 1370. The van der Waals surface area contributed by atoms with Gasteiger partial charge in [0.1, 0.15) is 28.9 Å². The minimum Gasteiger partial charge on any atom is -0.491 e. The first-order chi connectivity index (χ1) is 23.3. The van der Waals surface area contributed by atoms with Crippen molar-refractivity contribution in [2.45, 2.75) is 102 Å². The van der Waals surface area contributed by atoms with Crippen molar-refractivity contribution in [3.8, 4) is 5.75 Å². The van der Waals surface area contributed by atoms with E-state index in [0.29, 0.717) is 24.0 Å². The quantitative estimate of drug-likeness (QED) is 0.222. The minimum atomic E-state index is -1.46. The van der Waals surface area contributed by atoms with Crippen molar-refractivity contribution in [3.05, 3.63) is 59.2 Å². The number of anilines is 1. The van der Waals surface area contributed by atoms with E-state index >= 15 is 0 Å². The van der Waals surface area contributed by atoms with Crippen LogP contribution >= 0.6 is 11.6 Å². The molecule has 2 N–H and O–H groups in total. The summed E-state index contributed by atoms with van der Waals surface area (Å²) in [4.78, 5) is 15.9. The number of amides is 1. The van der Waals surface area contributed by atoms with Crippen LogP contribution in [0, 0.1) is 17.8 Å². The third kappa shape index (κ3) is 8.76. The zero-order valence-corrected chi connectivity index (χ0v) is 31.0. The maximum absolute atomic E-state index is 13.4. The number of rotatable bonds is 13. The fourth-order valence-electron chi connectivity index (χ4n) is 7.72. The van der Waals surface area contributed by atoms with Crippen LogP contribution in [0.1, 0.15) is 93.6 Å². The van der Waals surface area contributed by atoms with Crippen molar-refractivity contribution >= 4 is 34.2 Å². The molecule has 8 nitrogen and oxygen atoms in total. The molecule has 3 fully saturated rings. The van der Waals surface area contributed by atoms with Gasteiger partial charge >= 0.3 is 0 Å². The van der Waals surface area contributed by atoms with E-state index in [9.17, 15) is 9.00 Å². The fourth-order valence-corrected chi connectivity index (χ4v) is 8.77. The Morgan fingerprint density at radius 2 is 1.77 bits per heavy atom. The van der Waals surface area contributed by atoms with Crippen LogP contribution in [0.4, 0.5) is 5.69 Å². The third-order valence-electron chi connectivity index (χ3n) is 10.8. The van der Waals surface area contributed by atoms with Crippen LogP contribution in [0.25, 0.3) is 0 Å². The van der Waals surface area contributed by atoms with E-state index in [-0.39, 0.29) is 41.5 Å². The summed E-state index contributed by atoms with van der Waals surface area (Å²) in [6.45, 7) is 12.5. The average Bonchev–Trinajstić information content (AvgIpc) is 3.64. The SMILES string of the molecule is CCCc1ccccc1C1COc2ccc(C(=O)NS(=O)C(C)C(C)CCC)cc2N(CC2CCC2CC2OC3CNCC3O2)C1.CCl. The number of nitrogens with one attached hydrogen (secondary N) is 2. The number of alkyl halides is 1. The van der Waals surface area contributed by atoms with Gasteiger partial charge in [0.05, 0.1) is 17.5 Å². The molecule has 8 atom stereocenters. The molecule has 1 aliphatic carbocycles. The molecule has 2 aromatic carbocycles. The van der Waals surface area contributed by atoms with Crippen LogP contribution in [0.15, 0.2) is 42.5 Å². The van der Waals surface area contributed by atoms with E-state index in [4.69, 9.17) is 14.2 Å². The Morgan fingerprint density at radius 1 is 1.04 bits per heavy atom. The fraction of sp³-hybridized carbons (Fsp3) is 0.658. The van der Waals surface area contributed by atoms with Gasteiger partial charge in [0.2, 0.25) is 0 Å². The lowest BCUT2D eigenvalue weighted by Crippen LogP contribution is -2.41.